The Morgan fingerprint density at radius 2 is 0.436 bits per heavy atom. The van der Waals surface area contributed by atoms with Crippen molar-refractivity contribution in [3.63, 3.8) is 0 Å². The summed E-state index contributed by atoms with van der Waals surface area (Å²) < 4.78 is 28.4. The monoisotopic (exact) mass is 1450 g/mol. The molecule has 0 aliphatic carbocycles. The minimum atomic E-state index is 0.955. The quantitative estimate of drug-likeness (QED) is 0.148. The van der Waals surface area contributed by atoms with Crippen LogP contribution in [0.1, 0.15) is 22.3 Å². The molecule has 0 radical (unpaired) electrons. The zero-order valence-electron chi connectivity index (χ0n) is 40.8. The van der Waals surface area contributed by atoms with Crippen molar-refractivity contribution in [3.8, 4) is 0 Å². The van der Waals surface area contributed by atoms with Crippen LogP contribution in [0, 0.1) is 0 Å². The van der Waals surface area contributed by atoms with E-state index in [1.54, 1.807) is 0 Å². The molecule has 0 aromatic heterocycles. The van der Waals surface area contributed by atoms with Gasteiger partial charge in [0.1, 0.15) is 0 Å². The van der Waals surface area contributed by atoms with E-state index in [4.69, 9.17) is 0 Å². The molecule has 0 spiro atoms. The van der Waals surface area contributed by atoms with E-state index in [-0.39, 0.29) is 0 Å². The van der Waals surface area contributed by atoms with Crippen molar-refractivity contribution >= 4 is 305 Å². The van der Waals surface area contributed by atoms with E-state index in [2.05, 4.69) is 146 Å². The fraction of sp³-hybridized carbons (Fsp3) is 0.111. The highest BCUT2D eigenvalue weighted by atomic mass is 32.3. The summed E-state index contributed by atoms with van der Waals surface area (Å²) in [5.74, 6) is 0. The largest absolute Gasteiger partial charge is 0.121 e. The van der Waals surface area contributed by atoms with Gasteiger partial charge in [-0.3, -0.25) is 0 Å². The Balaban J connectivity index is 0.773. The molecular formula is C54H36S24. The zero-order valence-corrected chi connectivity index (χ0v) is 60.4. The van der Waals surface area contributed by atoms with E-state index in [0.29, 0.717) is 0 Å². The Morgan fingerprint density at radius 1 is 0.244 bits per heavy atom. The van der Waals surface area contributed by atoms with Crippen molar-refractivity contribution in [1.29, 1.82) is 0 Å². The number of thioether (sulfide) groups is 24. The van der Waals surface area contributed by atoms with Crippen LogP contribution in [0.3, 0.4) is 0 Å². The lowest BCUT2D eigenvalue weighted by molar-refractivity contribution is 1.59. The molecule has 78 heavy (non-hydrogen) atoms. The van der Waals surface area contributed by atoms with Crippen molar-refractivity contribution in [1.82, 2.24) is 0 Å². The summed E-state index contributed by atoms with van der Waals surface area (Å²) >= 11 is 47.3. The number of rotatable bonds is 10. The predicted octanol–water partition coefficient (Wildman–Crippen LogP) is 26.6. The normalized spacial score (nSPS) is 20.7. The first-order valence-electron chi connectivity index (χ1n) is 23.1. The molecule has 24 heteroatoms. The lowest BCUT2D eigenvalue weighted by Crippen LogP contribution is -1.95. The molecule has 0 saturated carbocycles. The van der Waals surface area contributed by atoms with E-state index in [1.807, 2.05) is 282 Å². The summed E-state index contributed by atoms with van der Waals surface area (Å²) in [4.78, 5) is 0. The van der Waals surface area contributed by atoms with Gasteiger partial charge in [0.2, 0.25) is 0 Å². The van der Waals surface area contributed by atoms with Crippen LogP contribution in [0.15, 0.2) is 206 Å². The zero-order chi connectivity index (χ0) is 52.7. The molecule has 0 nitrogen and oxygen atoms in total. The van der Waals surface area contributed by atoms with Gasteiger partial charge in [-0.15, -0.1) is 94.1 Å². The fourth-order valence-corrected chi connectivity index (χ4v) is 44.6. The average molecular weight is 1450 g/mol. The van der Waals surface area contributed by atoms with Crippen LogP contribution in [0.2, 0.25) is 0 Å². The summed E-state index contributed by atoms with van der Waals surface area (Å²) in [7, 11) is 0. The summed E-state index contributed by atoms with van der Waals surface area (Å²) in [6, 6.07) is 44.8. The average Bonchev–Trinajstić information content (AvgIpc) is 4.38. The highest BCUT2D eigenvalue weighted by Gasteiger charge is 2.40. The maximum Gasteiger partial charge on any atom is 0.0718 e. The molecule has 9 aliphatic rings. The van der Waals surface area contributed by atoms with Gasteiger partial charge in [0.15, 0.2) is 0 Å². The smallest absolute Gasteiger partial charge is 0.0718 e. The molecule has 0 N–H and O–H groups in total. The standard InChI is InChI=1S/C54H36S24/c1-55-39-40(56-2)72-51(71-39)53-75-47-48(76-53)68-37(67-47)33(29-21-13-7-14-22-29)31(27-17-9-5-10-18-27)35-63-43-44(64-35)60-26-62-46-45(61-25-59-43)65-36(66-46)32(28-19-11-6-12-20-28)34(30-23-15-8-16-24-30)38-69-49-50(70-38)78-54(77-49)52-73-41(57-3)42(58-4)74-52/h5-24H,25-26H2,1-4H3. The number of hydrogen-bond donors (Lipinski definition) is 0. The lowest BCUT2D eigenvalue weighted by Gasteiger charge is -2.19. The third-order valence-corrected chi connectivity index (χ3v) is 45.4. The van der Waals surface area contributed by atoms with Crippen LogP contribution in [0.25, 0.3) is 22.3 Å². The molecule has 0 bridgehead atoms. The van der Waals surface area contributed by atoms with E-state index in [1.165, 1.54) is 129 Å². The molecule has 4 aromatic carbocycles. The molecule has 4 aromatic rings. The Hall–Kier alpha value is 2.16. The molecule has 13 rings (SSSR count). The molecule has 0 unspecified atom stereocenters. The van der Waals surface area contributed by atoms with Gasteiger partial charge in [-0.2, -0.15) is 0 Å². The van der Waals surface area contributed by atoms with Crippen molar-refractivity contribution in [3.05, 3.63) is 228 Å². The first kappa shape index (κ1) is 59.1. The minimum Gasteiger partial charge on any atom is -0.121 e. The molecule has 0 amide bonds. The third kappa shape index (κ3) is 12.9. The van der Waals surface area contributed by atoms with Gasteiger partial charge in [-0.1, -0.05) is 310 Å². The first-order chi connectivity index (χ1) is 38.4. The van der Waals surface area contributed by atoms with Crippen LogP contribution < -0.4 is 0 Å². The van der Waals surface area contributed by atoms with E-state index in [9.17, 15) is 0 Å². The molecule has 0 fully saturated rings. The van der Waals surface area contributed by atoms with Gasteiger partial charge in [-0.25, -0.2) is 0 Å². The van der Waals surface area contributed by atoms with Crippen molar-refractivity contribution < 1.29 is 0 Å². The van der Waals surface area contributed by atoms with E-state index >= 15 is 0 Å². The molecule has 0 saturated heterocycles. The van der Waals surface area contributed by atoms with Gasteiger partial charge in [0.05, 0.1) is 84.7 Å². The van der Waals surface area contributed by atoms with Crippen LogP contribution in [0.5, 0.6) is 0 Å². The maximum absolute atomic E-state index is 2.32. The van der Waals surface area contributed by atoms with Gasteiger partial charge >= 0.3 is 0 Å². The lowest BCUT2D eigenvalue weighted by atomic mass is 9.95. The minimum absolute atomic E-state index is 0.955. The Kier molecular flexibility index (Phi) is 21.0. The van der Waals surface area contributed by atoms with Gasteiger partial charge in [0, 0.05) is 32.5 Å². The SMILES string of the molecule is CSC1=C(SC)SC(=C2SC3=C(S2)SC(=C(C(=C2SC4=C(SCSC5=C(SCS4)SC(=C(C(=C4SC6=C(SC(=C7SC(SC)=C(SC)S7)S6)S4)c4ccccc4)c4ccccc4)S5)S2)c2ccccc2)c2ccccc2)S3)S1. The van der Waals surface area contributed by atoms with Gasteiger partial charge < -0.3 is 0 Å². The van der Waals surface area contributed by atoms with Gasteiger partial charge in [0.25, 0.3) is 0 Å². The van der Waals surface area contributed by atoms with Crippen molar-refractivity contribution in [2.75, 3.05) is 35.2 Å². The number of hydrogen-bond acceptors (Lipinski definition) is 24. The highest BCUT2D eigenvalue weighted by Crippen LogP contribution is 2.75. The molecule has 9 aliphatic heterocycles. The van der Waals surface area contributed by atoms with Gasteiger partial charge in [-0.05, 0) is 47.3 Å². The predicted molar refractivity (Wildman–Crippen MR) is 405 cm³/mol. The Bertz CT molecular complexity index is 3170. The Morgan fingerprint density at radius 3 is 0.654 bits per heavy atom. The second-order valence-corrected chi connectivity index (χ2v) is 45.4. The molecule has 9 heterocycles. The Labute approximate surface area is 559 Å². The summed E-state index contributed by atoms with van der Waals surface area (Å²) in [6.45, 7) is 0. The number of allylic oxidation sites excluding steroid dienone is 4. The highest BCUT2D eigenvalue weighted by molar-refractivity contribution is 8.51. The second-order valence-electron chi connectivity index (χ2n) is 16.0. The van der Waals surface area contributed by atoms with E-state index in [0.717, 1.165) is 10.2 Å². The second kappa shape index (κ2) is 27.7. The molecular weight excluding hydrogens is 1420 g/mol. The fourth-order valence-electron chi connectivity index (χ4n) is 8.01. The third-order valence-electron chi connectivity index (χ3n) is 11.4. The summed E-state index contributed by atoms with van der Waals surface area (Å²) in [5.41, 5.74) is 10.5. The van der Waals surface area contributed by atoms with Crippen molar-refractivity contribution in [2.45, 2.75) is 0 Å². The maximum atomic E-state index is 2.32. The van der Waals surface area contributed by atoms with Crippen molar-refractivity contribution in [2.24, 2.45) is 0 Å². The first-order valence-corrected chi connectivity index (χ1v) is 45.0. The topological polar surface area (TPSA) is 0 Å². The van der Waals surface area contributed by atoms with E-state index < -0.39 is 0 Å². The van der Waals surface area contributed by atoms with Crippen LogP contribution in [0.4, 0.5) is 0 Å². The number of benzene rings is 4. The van der Waals surface area contributed by atoms with Crippen LogP contribution in [-0.4, -0.2) is 35.2 Å². The molecule has 396 valence electrons. The van der Waals surface area contributed by atoms with Crippen LogP contribution >= 0.6 is 282 Å². The molecule has 0 atom stereocenters. The summed E-state index contributed by atoms with van der Waals surface area (Å²) in [6.07, 6.45) is 8.81. The summed E-state index contributed by atoms with van der Waals surface area (Å²) in [5, 5.41) is 1.91. The van der Waals surface area contributed by atoms with Crippen LogP contribution in [-0.2, 0) is 0 Å².